The second-order valence-electron chi connectivity index (χ2n) is 6.85. The fraction of sp³-hybridized carbons (Fsp3) is 0.263. The molecule has 2 aromatic rings. The maximum atomic E-state index is 12.3. The van der Waals surface area contributed by atoms with Crippen molar-refractivity contribution in [2.45, 2.75) is 20.4 Å². The van der Waals surface area contributed by atoms with Crippen LogP contribution in [0.1, 0.15) is 40.3 Å². The summed E-state index contributed by atoms with van der Waals surface area (Å²) in [5.74, 6) is -1.90. The van der Waals surface area contributed by atoms with Crippen molar-refractivity contribution in [1.82, 2.24) is 10.0 Å². The molecule has 0 radical (unpaired) electrons. The first-order chi connectivity index (χ1) is 12.8. The highest BCUT2D eigenvalue weighted by Crippen LogP contribution is 2.28. The number of hydrogen-bond acceptors (Lipinski definition) is 5. The largest absolute Gasteiger partial charge is 0.478 e. The number of amides is 2. The Morgan fingerprint density at radius 2 is 1.96 bits per heavy atom. The first kappa shape index (κ1) is 18.5. The third-order valence-electron chi connectivity index (χ3n) is 4.18. The molecular weight excluding hydrogens is 350 g/mol. The number of nitrogens with one attached hydrogen (secondary N) is 1. The van der Waals surface area contributed by atoms with Crippen molar-refractivity contribution in [3.63, 3.8) is 0 Å². The van der Waals surface area contributed by atoms with E-state index < -0.39 is 17.3 Å². The van der Waals surface area contributed by atoms with E-state index in [1.165, 1.54) is 23.4 Å². The van der Waals surface area contributed by atoms with Gasteiger partial charge in [-0.3, -0.25) is 19.4 Å². The first-order valence-electron chi connectivity index (χ1n) is 8.31. The normalized spacial score (nSPS) is 15.6. The number of carbonyl (C=O) groups excluding carboxylic acids is 2. The van der Waals surface area contributed by atoms with Crippen LogP contribution in [0.5, 0.6) is 0 Å². The monoisotopic (exact) mass is 369 g/mol. The highest BCUT2D eigenvalue weighted by molar-refractivity contribution is 6.09. The van der Waals surface area contributed by atoms with E-state index in [2.05, 4.69) is 10.3 Å². The summed E-state index contributed by atoms with van der Waals surface area (Å²) in [6, 6.07) is 9.63. The molecule has 2 heterocycles. The molecule has 1 aromatic carbocycles. The van der Waals surface area contributed by atoms with Gasteiger partial charge >= 0.3 is 5.97 Å². The van der Waals surface area contributed by atoms with Crippen LogP contribution in [-0.2, 0) is 16.2 Å². The zero-order chi connectivity index (χ0) is 19.6. The number of carboxylic acid groups (broad SMARTS) is 1. The van der Waals surface area contributed by atoms with E-state index in [-0.39, 0.29) is 17.2 Å². The lowest BCUT2D eigenvalue weighted by Gasteiger charge is -2.16. The SMILES string of the molecule is CC1(C)CON(Cc2ccc(NC(=O)c3ncccc3C(=O)O)cc2)C1=O. The van der Waals surface area contributed by atoms with E-state index in [9.17, 15) is 14.4 Å². The van der Waals surface area contributed by atoms with Gasteiger partial charge in [-0.2, -0.15) is 0 Å². The van der Waals surface area contributed by atoms with Gasteiger partial charge < -0.3 is 10.4 Å². The number of carbonyl (C=O) groups is 3. The van der Waals surface area contributed by atoms with Gasteiger partial charge in [0.2, 0.25) is 0 Å². The summed E-state index contributed by atoms with van der Waals surface area (Å²) in [7, 11) is 0. The average molecular weight is 369 g/mol. The quantitative estimate of drug-likeness (QED) is 0.837. The minimum absolute atomic E-state index is 0.0729. The number of aromatic carboxylic acids is 1. The lowest BCUT2D eigenvalue weighted by molar-refractivity contribution is -0.165. The minimum atomic E-state index is -1.22. The predicted octanol–water partition coefficient (Wildman–Crippen LogP) is 2.33. The number of hydrogen-bond donors (Lipinski definition) is 2. The lowest BCUT2D eigenvalue weighted by Crippen LogP contribution is -2.30. The van der Waals surface area contributed by atoms with Crippen molar-refractivity contribution in [1.29, 1.82) is 0 Å². The average Bonchev–Trinajstić information content (AvgIpc) is 2.90. The number of pyridine rings is 1. The van der Waals surface area contributed by atoms with Gasteiger partial charge in [0.05, 0.1) is 24.1 Å². The standard InChI is InChI=1S/C19H19N3O5/c1-19(2)11-27-22(18(19)26)10-12-5-7-13(8-6-12)21-16(23)15-14(17(24)25)4-3-9-20-15/h3-9H,10-11H2,1-2H3,(H,21,23)(H,24,25). The molecule has 0 atom stereocenters. The third kappa shape index (κ3) is 3.95. The topological polar surface area (TPSA) is 109 Å². The number of hydroxylamine groups is 2. The first-order valence-corrected chi connectivity index (χ1v) is 8.31. The molecule has 2 amide bonds. The summed E-state index contributed by atoms with van der Waals surface area (Å²) < 4.78 is 0. The molecule has 0 unspecified atom stereocenters. The van der Waals surface area contributed by atoms with Gasteiger partial charge in [-0.05, 0) is 43.7 Å². The van der Waals surface area contributed by atoms with Crippen LogP contribution < -0.4 is 5.32 Å². The van der Waals surface area contributed by atoms with Gasteiger partial charge in [0.15, 0.2) is 0 Å². The summed E-state index contributed by atoms with van der Waals surface area (Å²) in [6.45, 7) is 4.31. The van der Waals surface area contributed by atoms with Gasteiger partial charge in [0.25, 0.3) is 11.8 Å². The molecule has 1 saturated heterocycles. The smallest absolute Gasteiger partial charge is 0.338 e. The Morgan fingerprint density at radius 1 is 1.26 bits per heavy atom. The number of anilines is 1. The molecule has 1 aromatic heterocycles. The van der Waals surface area contributed by atoms with E-state index in [4.69, 9.17) is 9.94 Å². The van der Waals surface area contributed by atoms with Crippen LogP contribution in [0.3, 0.4) is 0 Å². The third-order valence-corrected chi connectivity index (χ3v) is 4.18. The Balaban J connectivity index is 1.67. The molecular formula is C19H19N3O5. The van der Waals surface area contributed by atoms with Crippen LogP contribution in [0.2, 0.25) is 0 Å². The van der Waals surface area contributed by atoms with Crippen LogP contribution >= 0.6 is 0 Å². The Kier molecular flexibility index (Phi) is 4.91. The molecule has 2 N–H and O–H groups in total. The van der Waals surface area contributed by atoms with E-state index in [1.54, 1.807) is 24.3 Å². The molecule has 27 heavy (non-hydrogen) atoms. The Bertz CT molecular complexity index is 892. The minimum Gasteiger partial charge on any atom is -0.478 e. The number of nitrogens with zero attached hydrogens (tertiary/aromatic N) is 2. The van der Waals surface area contributed by atoms with Crippen LogP contribution in [0, 0.1) is 5.41 Å². The summed E-state index contributed by atoms with van der Waals surface area (Å²) in [6.07, 6.45) is 1.36. The van der Waals surface area contributed by atoms with E-state index in [0.29, 0.717) is 18.8 Å². The molecule has 1 aliphatic rings. The van der Waals surface area contributed by atoms with Gasteiger partial charge in [-0.15, -0.1) is 0 Å². The van der Waals surface area contributed by atoms with Crippen molar-refractivity contribution in [2.24, 2.45) is 5.41 Å². The molecule has 140 valence electrons. The number of rotatable bonds is 5. The van der Waals surface area contributed by atoms with Gasteiger partial charge in [-0.25, -0.2) is 9.86 Å². The molecule has 8 heteroatoms. The maximum absolute atomic E-state index is 12.3. The Hall–Kier alpha value is -3.26. The summed E-state index contributed by atoms with van der Waals surface area (Å²) >= 11 is 0. The molecule has 8 nitrogen and oxygen atoms in total. The Labute approximate surface area is 155 Å². The van der Waals surface area contributed by atoms with Gasteiger partial charge in [0.1, 0.15) is 5.69 Å². The fourth-order valence-corrected chi connectivity index (χ4v) is 2.62. The highest BCUT2D eigenvalue weighted by Gasteiger charge is 2.40. The maximum Gasteiger partial charge on any atom is 0.338 e. The van der Waals surface area contributed by atoms with Gasteiger partial charge in [-0.1, -0.05) is 12.1 Å². The molecule has 1 aliphatic heterocycles. The molecule has 3 rings (SSSR count). The van der Waals surface area contributed by atoms with Crippen molar-refractivity contribution >= 4 is 23.5 Å². The van der Waals surface area contributed by atoms with E-state index >= 15 is 0 Å². The number of benzene rings is 1. The van der Waals surface area contributed by atoms with Crippen LogP contribution in [-0.4, -0.2) is 39.5 Å². The summed E-state index contributed by atoms with van der Waals surface area (Å²) in [4.78, 5) is 45.0. The molecule has 1 fully saturated rings. The zero-order valence-electron chi connectivity index (χ0n) is 14.9. The molecule has 0 bridgehead atoms. The number of aromatic nitrogens is 1. The van der Waals surface area contributed by atoms with E-state index in [0.717, 1.165) is 5.56 Å². The predicted molar refractivity (Wildman–Crippen MR) is 95.9 cm³/mol. The van der Waals surface area contributed by atoms with Gasteiger partial charge in [0, 0.05) is 11.9 Å². The summed E-state index contributed by atoms with van der Waals surface area (Å²) in [5, 5.41) is 13.1. The highest BCUT2D eigenvalue weighted by atomic mass is 16.7. The lowest BCUT2D eigenvalue weighted by atomic mass is 9.95. The zero-order valence-corrected chi connectivity index (χ0v) is 14.9. The summed E-state index contributed by atoms with van der Waals surface area (Å²) in [5.41, 5.74) is 0.465. The fourth-order valence-electron chi connectivity index (χ4n) is 2.62. The van der Waals surface area contributed by atoms with Crippen LogP contribution in [0.25, 0.3) is 0 Å². The van der Waals surface area contributed by atoms with E-state index in [1.807, 2.05) is 13.8 Å². The van der Waals surface area contributed by atoms with Crippen molar-refractivity contribution in [3.05, 3.63) is 59.4 Å². The van der Waals surface area contributed by atoms with Crippen LogP contribution in [0.4, 0.5) is 5.69 Å². The van der Waals surface area contributed by atoms with Crippen molar-refractivity contribution in [2.75, 3.05) is 11.9 Å². The van der Waals surface area contributed by atoms with Crippen molar-refractivity contribution in [3.8, 4) is 0 Å². The second kappa shape index (κ2) is 7.16. The van der Waals surface area contributed by atoms with Crippen LogP contribution in [0.15, 0.2) is 42.6 Å². The Morgan fingerprint density at radius 3 is 2.56 bits per heavy atom. The van der Waals surface area contributed by atoms with Crippen molar-refractivity contribution < 1.29 is 24.3 Å². The number of carboxylic acids is 1. The molecule has 0 aliphatic carbocycles. The second-order valence-corrected chi connectivity index (χ2v) is 6.85. The molecule has 0 spiro atoms. The molecule has 0 saturated carbocycles.